The third-order valence-electron chi connectivity index (χ3n) is 5.52. The van der Waals surface area contributed by atoms with E-state index in [9.17, 15) is 9.59 Å². The van der Waals surface area contributed by atoms with Crippen molar-refractivity contribution < 1.29 is 14.3 Å². The van der Waals surface area contributed by atoms with Gasteiger partial charge in [-0.25, -0.2) is 0 Å². The van der Waals surface area contributed by atoms with Crippen molar-refractivity contribution in [2.45, 2.75) is 50.2 Å². The fourth-order valence-corrected chi connectivity index (χ4v) is 4.75. The van der Waals surface area contributed by atoms with Gasteiger partial charge >= 0.3 is 5.97 Å². The number of hydrogen-bond acceptors (Lipinski definition) is 4. The molecular formula is C23H25NO3S. The molecule has 2 aromatic carbocycles. The summed E-state index contributed by atoms with van der Waals surface area (Å²) in [5.74, 6) is -0.242. The average Bonchev–Trinajstić information content (AvgIpc) is 3.19. The molecule has 0 spiro atoms. The topological polar surface area (TPSA) is 46.6 Å². The zero-order valence-electron chi connectivity index (χ0n) is 16.1. The molecule has 28 heavy (non-hydrogen) atoms. The minimum atomic E-state index is -0.751. The van der Waals surface area contributed by atoms with Crippen LogP contribution < -0.4 is 0 Å². The minimum Gasteiger partial charge on any atom is -0.452 e. The maximum Gasteiger partial charge on any atom is 0.317 e. The maximum absolute atomic E-state index is 12.7. The number of esters is 1. The molecule has 0 aromatic heterocycles. The lowest BCUT2D eigenvalue weighted by molar-refractivity contribution is -0.157. The van der Waals surface area contributed by atoms with Gasteiger partial charge in [-0.05, 0) is 67.0 Å². The molecule has 0 N–H and O–H groups in total. The monoisotopic (exact) mass is 395 g/mol. The number of benzene rings is 2. The van der Waals surface area contributed by atoms with Gasteiger partial charge in [0.1, 0.15) is 0 Å². The molecule has 0 fully saturated rings. The molecule has 1 atom stereocenters. The third-order valence-corrected chi connectivity index (χ3v) is 6.49. The number of fused-ring (bicyclic) bond motifs is 2. The Kier molecular flexibility index (Phi) is 5.72. The van der Waals surface area contributed by atoms with E-state index in [1.165, 1.54) is 40.4 Å². The fraction of sp³-hybridized carbons (Fsp3) is 0.391. The van der Waals surface area contributed by atoms with Crippen LogP contribution in [-0.2, 0) is 40.1 Å². The highest BCUT2D eigenvalue weighted by molar-refractivity contribution is 8.00. The number of rotatable bonds is 5. The van der Waals surface area contributed by atoms with Crippen LogP contribution in [0.3, 0.4) is 0 Å². The van der Waals surface area contributed by atoms with Crippen molar-refractivity contribution in [3.8, 4) is 0 Å². The van der Waals surface area contributed by atoms with E-state index in [1.807, 2.05) is 12.1 Å². The first-order valence-corrected chi connectivity index (χ1v) is 10.9. The lowest BCUT2D eigenvalue weighted by Gasteiger charge is -2.30. The highest BCUT2D eigenvalue weighted by atomic mass is 32.2. The number of ether oxygens (including phenoxy) is 1. The number of hydrogen-bond donors (Lipinski definition) is 0. The molecule has 4 nitrogen and oxygen atoms in total. The SMILES string of the molecule is C[C@@H](OC(=O)CSc1ccc2c(c1)CCC2)C(=O)N1CCc2ccccc2C1. The van der Waals surface area contributed by atoms with Crippen molar-refractivity contribution in [3.05, 3.63) is 64.7 Å². The van der Waals surface area contributed by atoms with Crippen molar-refractivity contribution >= 4 is 23.6 Å². The minimum absolute atomic E-state index is 0.120. The Morgan fingerprint density at radius 2 is 1.79 bits per heavy atom. The van der Waals surface area contributed by atoms with Gasteiger partial charge in [0.15, 0.2) is 6.10 Å². The van der Waals surface area contributed by atoms with Crippen LogP contribution in [0.4, 0.5) is 0 Å². The summed E-state index contributed by atoms with van der Waals surface area (Å²) in [5, 5.41) is 0. The van der Waals surface area contributed by atoms with Crippen LogP contribution in [0.25, 0.3) is 0 Å². The molecule has 1 aliphatic heterocycles. The molecule has 0 unspecified atom stereocenters. The molecule has 1 amide bonds. The van der Waals surface area contributed by atoms with Gasteiger partial charge in [-0.2, -0.15) is 0 Å². The van der Waals surface area contributed by atoms with Crippen molar-refractivity contribution in [2.75, 3.05) is 12.3 Å². The molecule has 2 aromatic rings. The van der Waals surface area contributed by atoms with Crippen LogP contribution in [0.15, 0.2) is 47.4 Å². The molecule has 1 heterocycles. The first-order valence-electron chi connectivity index (χ1n) is 9.90. The fourth-order valence-electron chi connectivity index (χ4n) is 4.00. The van der Waals surface area contributed by atoms with Gasteiger partial charge in [-0.1, -0.05) is 30.3 Å². The molecule has 4 rings (SSSR count). The van der Waals surface area contributed by atoms with Gasteiger partial charge < -0.3 is 9.64 Å². The largest absolute Gasteiger partial charge is 0.452 e. The Hall–Kier alpha value is -2.27. The van der Waals surface area contributed by atoms with E-state index in [4.69, 9.17) is 4.74 Å². The predicted molar refractivity (Wildman–Crippen MR) is 110 cm³/mol. The van der Waals surface area contributed by atoms with E-state index in [-0.39, 0.29) is 17.6 Å². The van der Waals surface area contributed by atoms with Crippen LogP contribution >= 0.6 is 11.8 Å². The summed E-state index contributed by atoms with van der Waals surface area (Å²) >= 11 is 1.48. The van der Waals surface area contributed by atoms with Gasteiger partial charge in [0.2, 0.25) is 0 Å². The number of thioether (sulfide) groups is 1. The molecule has 0 bridgehead atoms. The molecule has 2 aliphatic rings. The summed E-state index contributed by atoms with van der Waals surface area (Å²) in [7, 11) is 0. The second kappa shape index (κ2) is 8.39. The second-order valence-electron chi connectivity index (χ2n) is 7.48. The van der Waals surface area contributed by atoms with E-state index in [0.29, 0.717) is 13.1 Å². The van der Waals surface area contributed by atoms with Crippen molar-refractivity contribution in [2.24, 2.45) is 0 Å². The smallest absolute Gasteiger partial charge is 0.317 e. The van der Waals surface area contributed by atoms with Gasteiger partial charge in [0.05, 0.1) is 5.75 Å². The summed E-state index contributed by atoms with van der Waals surface area (Å²) in [6.07, 6.45) is 3.59. The lowest BCUT2D eigenvalue weighted by Crippen LogP contribution is -2.42. The van der Waals surface area contributed by atoms with E-state index >= 15 is 0 Å². The normalized spacial score (nSPS) is 16.2. The average molecular weight is 396 g/mol. The number of aryl methyl sites for hydroxylation is 2. The highest BCUT2D eigenvalue weighted by Gasteiger charge is 2.26. The molecular weight excluding hydrogens is 370 g/mol. The Morgan fingerprint density at radius 1 is 1.04 bits per heavy atom. The lowest BCUT2D eigenvalue weighted by atomic mass is 9.99. The summed E-state index contributed by atoms with van der Waals surface area (Å²) in [5.41, 5.74) is 5.29. The molecule has 5 heteroatoms. The first-order chi connectivity index (χ1) is 13.6. The summed E-state index contributed by atoms with van der Waals surface area (Å²) in [6.45, 7) is 2.92. The van der Waals surface area contributed by atoms with E-state index < -0.39 is 6.10 Å². The molecule has 0 saturated heterocycles. The zero-order chi connectivity index (χ0) is 19.5. The summed E-state index contributed by atoms with van der Waals surface area (Å²) in [4.78, 5) is 27.8. The van der Waals surface area contributed by atoms with Gasteiger partial charge in [-0.15, -0.1) is 11.8 Å². The van der Waals surface area contributed by atoms with Crippen LogP contribution in [0.5, 0.6) is 0 Å². The predicted octanol–water partition coefficient (Wildman–Crippen LogP) is 3.78. The van der Waals surface area contributed by atoms with Crippen molar-refractivity contribution in [1.82, 2.24) is 4.90 Å². The standard InChI is InChI=1S/C23H25NO3S/c1-16(23(26)24-12-11-18-5-2-3-6-20(18)14-24)27-22(25)15-28-21-10-9-17-7-4-8-19(17)13-21/h2-3,5-6,9-10,13,16H,4,7-8,11-12,14-15H2,1H3/t16-/m1/s1. The number of nitrogens with zero attached hydrogens (tertiary/aromatic N) is 1. The quantitative estimate of drug-likeness (QED) is 0.571. The summed E-state index contributed by atoms with van der Waals surface area (Å²) < 4.78 is 5.42. The van der Waals surface area contributed by atoms with Gasteiger partial charge in [0, 0.05) is 18.0 Å². The Bertz CT molecular complexity index is 895. The van der Waals surface area contributed by atoms with Crippen LogP contribution in [-0.4, -0.2) is 35.2 Å². The van der Waals surface area contributed by atoms with Crippen molar-refractivity contribution in [3.63, 3.8) is 0 Å². The van der Waals surface area contributed by atoms with Crippen LogP contribution in [0.1, 0.15) is 35.6 Å². The molecule has 0 radical (unpaired) electrons. The second-order valence-corrected chi connectivity index (χ2v) is 8.53. The molecule has 0 saturated carbocycles. The number of amides is 1. The van der Waals surface area contributed by atoms with Crippen molar-refractivity contribution in [1.29, 1.82) is 0 Å². The van der Waals surface area contributed by atoms with Gasteiger partial charge in [0.25, 0.3) is 5.91 Å². The van der Waals surface area contributed by atoms with Crippen LogP contribution in [0.2, 0.25) is 0 Å². The van der Waals surface area contributed by atoms with Crippen LogP contribution in [0, 0.1) is 0 Å². The first kappa shape index (κ1) is 19.1. The summed E-state index contributed by atoms with van der Waals surface area (Å²) in [6, 6.07) is 14.6. The Balaban J connectivity index is 1.28. The molecule has 1 aliphatic carbocycles. The third kappa shape index (κ3) is 4.25. The Labute approximate surface area is 170 Å². The highest BCUT2D eigenvalue weighted by Crippen LogP contribution is 2.27. The molecule has 146 valence electrons. The Morgan fingerprint density at radius 3 is 2.64 bits per heavy atom. The maximum atomic E-state index is 12.7. The van der Waals surface area contributed by atoms with E-state index in [2.05, 4.69) is 30.3 Å². The van der Waals surface area contributed by atoms with E-state index in [1.54, 1.807) is 11.8 Å². The van der Waals surface area contributed by atoms with Gasteiger partial charge in [-0.3, -0.25) is 9.59 Å². The number of carbonyl (C=O) groups is 2. The van der Waals surface area contributed by atoms with E-state index in [0.717, 1.165) is 24.2 Å². The zero-order valence-corrected chi connectivity index (χ0v) is 17.0. The number of carbonyl (C=O) groups excluding carboxylic acids is 2.